The summed E-state index contributed by atoms with van der Waals surface area (Å²) in [6, 6.07) is 12.4. The van der Waals surface area contributed by atoms with Crippen molar-refractivity contribution in [1.29, 1.82) is 0 Å². The molecule has 2 aromatic carbocycles. The minimum absolute atomic E-state index is 0.604. The van der Waals surface area contributed by atoms with Crippen LogP contribution in [0.4, 0.5) is 5.69 Å². The molecule has 0 atom stereocenters. The molecule has 0 saturated carbocycles. The molecule has 0 heterocycles. The molecule has 0 unspecified atom stereocenters. The van der Waals surface area contributed by atoms with E-state index >= 15 is 0 Å². The van der Waals surface area contributed by atoms with E-state index in [9.17, 15) is 9.59 Å². The van der Waals surface area contributed by atoms with Gasteiger partial charge in [0.1, 0.15) is 0 Å². The molecular formula is C17H16ClN3O2. The van der Waals surface area contributed by atoms with E-state index in [4.69, 9.17) is 11.6 Å². The first-order valence-corrected chi connectivity index (χ1v) is 7.31. The number of nitrogens with zero attached hydrogens (tertiary/aromatic N) is 1. The van der Waals surface area contributed by atoms with E-state index in [0.29, 0.717) is 10.7 Å². The van der Waals surface area contributed by atoms with Gasteiger partial charge < -0.3 is 5.32 Å². The predicted octanol–water partition coefficient (Wildman–Crippen LogP) is 3.05. The summed E-state index contributed by atoms with van der Waals surface area (Å²) in [5.41, 5.74) is 5.49. The van der Waals surface area contributed by atoms with Crippen LogP contribution in [0, 0.1) is 13.8 Å². The van der Waals surface area contributed by atoms with Gasteiger partial charge in [-0.15, -0.1) is 0 Å². The molecule has 0 spiro atoms. The van der Waals surface area contributed by atoms with Crippen LogP contribution >= 0.6 is 11.6 Å². The van der Waals surface area contributed by atoms with Gasteiger partial charge in [-0.05, 0) is 48.7 Å². The monoisotopic (exact) mass is 329 g/mol. The van der Waals surface area contributed by atoms with Crippen LogP contribution in [0.2, 0.25) is 5.02 Å². The van der Waals surface area contributed by atoms with Crippen molar-refractivity contribution in [2.24, 2.45) is 5.10 Å². The van der Waals surface area contributed by atoms with Crippen molar-refractivity contribution >= 4 is 35.3 Å². The van der Waals surface area contributed by atoms with Gasteiger partial charge in [-0.3, -0.25) is 9.59 Å². The average Bonchev–Trinajstić information content (AvgIpc) is 2.53. The Balaban J connectivity index is 1.94. The summed E-state index contributed by atoms with van der Waals surface area (Å²) in [5.74, 6) is -1.61. The first-order chi connectivity index (χ1) is 11.0. The molecule has 118 valence electrons. The van der Waals surface area contributed by atoms with Crippen LogP contribution in [-0.4, -0.2) is 18.0 Å². The van der Waals surface area contributed by atoms with E-state index in [2.05, 4.69) is 15.8 Å². The van der Waals surface area contributed by atoms with Gasteiger partial charge in [0.2, 0.25) is 0 Å². The number of anilines is 1. The fourth-order valence-electron chi connectivity index (χ4n) is 1.83. The maximum absolute atomic E-state index is 11.8. The van der Waals surface area contributed by atoms with Crippen LogP contribution < -0.4 is 10.7 Å². The van der Waals surface area contributed by atoms with Gasteiger partial charge in [0, 0.05) is 10.7 Å². The van der Waals surface area contributed by atoms with Gasteiger partial charge in [0.15, 0.2) is 0 Å². The molecule has 6 heteroatoms. The van der Waals surface area contributed by atoms with Crippen molar-refractivity contribution in [3.63, 3.8) is 0 Å². The lowest BCUT2D eigenvalue weighted by Crippen LogP contribution is -2.32. The number of hydrogen-bond acceptors (Lipinski definition) is 3. The van der Waals surface area contributed by atoms with Crippen LogP contribution in [0.3, 0.4) is 0 Å². The molecule has 0 bridgehead atoms. The number of benzene rings is 2. The maximum atomic E-state index is 11.8. The fourth-order valence-corrected chi connectivity index (χ4v) is 1.96. The van der Waals surface area contributed by atoms with Gasteiger partial charge in [0.25, 0.3) is 0 Å². The Labute approximate surface area is 139 Å². The molecule has 2 N–H and O–H groups in total. The van der Waals surface area contributed by atoms with Crippen molar-refractivity contribution < 1.29 is 9.59 Å². The Morgan fingerprint density at radius 3 is 2.43 bits per heavy atom. The third-order valence-corrected chi connectivity index (χ3v) is 3.56. The van der Waals surface area contributed by atoms with E-state index in [1.165, 1.54) is 6.21 Å². The van der Waals surface area contributed by atoms with Crippen molar-refractivity contribution in [1.82, 2.24) is 5.43 Å². The number of hydrogen-bond donors (Lipinski definition) is 2. The van der Waals surface area contributed by atoms with Crippen LogP contribution in [0.25, 0.3) is 0 Å². The second-order valence-corrected chi connectivity index (χ2v) is 5.39. The molecule has 0 saturated heterocycles. The van der Waals surface area contributed by atoms with E-state index in [1.807, 2.05) is 26.0 Å². The zero-order chi connectivity index (χ0) is 16.8. The molecular weight excluding hydrogens is 314 g/mol. The third kappa shape index (κ3) is 4.66. The van der Waals surface area contributed by atoms with Gasteiger partial charge in [-0.2, -0.15) is 5.10 Å². The highest BCUT2D eigenvalue weighted by molar-refractivity contribution is 6.39. The lowest BCUT2D eigenvalue weighted by atomic mass is 10.1. The Kier molecular flexibility index (Phi) is 5.49. The smallest absolute Gasteiger partial charge is 0.317 e. The highest BCUT2D eigenvalue weighted by Crippen LogP contribution is 2.17. The minimum Gasteiger partial charge on any atom is -0.317 e. The summed E-state index contributed by atoms with van der Waals surface area (Å²) in [6.07, 6.45) is 1.43. The first kappa shape index (κ1) is 16.7. The summed E-state index contributed by atoms with van der Waals surface area (Å²) in [5, 5.41) is 6.92. The normalized spacial score (nSPS) is 10.6. The van der Waals surface area contributed by atoms with Gasteiger partial charge in [-0.1, -0.05) is 35.9 Å². The summed E-state index contributed by atoms with van der Waals surface area (Å²) in [6.45, 7) is 3.81. The summed E-state index contributed by atoms with van der Waals surface area (Å²) < 4.78 is 0. The van der Waals surface area contributed by atoms with Gasteiger partial charge in [0.05, 0.1) is 6.21 Å². The number of aryl methyl sites for hydroxylation is 1. The number of hydrazone groups is 1. The molecule has 2 rings (SSSR count). The number of carbonyl (C=O) groups excluding carboxylic acids is 2. The Hall–Kier alpha value is -2.66. The van der Waals surface area contributed by atoms with E-state index in [0.717, 1.165) is 16.7 Å². The second-order valence-electron chi connectivity index (χ2n) is 4.95. The third-order valence-electron chi connectivity index (χ3n) is 3.31. The van der Waals surface area contributed by atoms with Crippen molar-refractivity contribution in [2.75, 3.05) is 5.32 Å². The average molecular weight is 330 g/mol. The van der Waals surface area contributed by atoms with E-state index in [-0.39, 0.29) is 0 Å². The predicted molar refractivity (Wildman–Crippen MR) is 91.7 cm³/mol. The zero-order valence-corrected chi connectivity index (χ0v) is 13.5. The Morgan fingerprint density at radius 1 is 1.04 bits per heavy atom. The van der Waals surface area contributed by atoms with Crippen LogP contribution in [0.1, 0.15) is 16.7 Å². The molecule has 2 amide bonds. The van der Waals surface area contributed by atoms with Crippen molar-refractivity contribution in [2.45, 2.75) is 13.8 Å². The highest BCUT2D eigenvalue weighted by atomic mass is 35.5. The summed E-state index contributed by atoms with van der Waals surface area (Å²) in [7, 11) is 0. The largest absolute Gasteiger partial charge is 0.329 e. The maximum Gasteiger partial charge on any atom is 0.329 e. The molecule has 5 nitrogen and oxygen atoms in total. The van der Waals surface area contributed by atoms with Crippen LogP contribution in [0.15, 0.2) is 47.6 Å². The Bertz CT molecular complexity index is 755. The standard InChI is InChI=1S/C17H16ClN3O2/c1-11-4-3-5-15(12(11)2)20-16(22)17(23)21-19-10-13-6-8-14(18)9-7-13/h3-10H,1-2H3,(H,20,22)(H,21,23)/b19-10-. The summed E-state index contributed by atoms with van der Waals surface area (Å²) in [4.78, 5) is 23.6. The SMILES string of the molecule is Cc1cccc(NC(=O)C(=O)N/N=C\c2ccc(Cl)cc2)c1C. The number of nitrogens with one attached hydrogen (secondary N) is 2. The second kappa shape index (κ2) is 7.56. The molecule has 0 aromatic heterocycles. The Morgan fingerprint density at radius 2 is 1.74 bits per heavy atom. The molecule has 0 aliphatic carbocycles. The first-order valence-electron chi connectivity index (χ1n) is 6.93. The van der Waals surface area contributed by atoms with Crippen LogP contribution in [0.5, 0.6) is 0 Å². The summed E-state index contributed by atoms with van der Waals surface area (Å²) >= 11 is 5.77. The van der Waals surface area contributed by atoms with Gasteiger partial charge >= 0.3 is 11.8 Å². The van der Waals surface area contributed by atoms with Crippen molar-refractivity contribution in [3.05, 3.63) is 64.2 Å². The molecule has 0 aliphatic heterocycles. The fraction of sp³-hybridized carbons (Fsp3) is 0.118. The van der Waals surface area contributed by atoms with Crippen LogP contribution in [-0.2, 0) is 9.59 Å². The highest BCUT2D eigenvalue weighted by Gasteiger charge is 2.14. The van der Waals surface area contributed by atoms with Crippen molar-refractivity contribution in [3.8, 4) is 0 Å². The lowest BCUT2D eigenvalue weighted by Gasteiger charge is -2.09. The molecule has 23 heavy (non-hydrogen) atoms. The minimum atomic E-state index is -0.837. The topological polar surface area (TPSA) is 70.6 Å². The molecule has 2 aromatic rings. The number of carbonyl (C=O) groups is 2. The molecule has 0 aliphatic rings. The number of halogens is 1. The zero-order valence-electron chi connectivity index (χ0n) is 12.8. The van der Waals surface area contributed by atoms with E-state index in [1.54, 1.807) is 30.3 Å². The molecule has 0 fully saturated rings. The quantitative estimate of drug-likeness (QED) is 0.516. The van der Waals surface area contributed by atoms with E-state index < -0.39 is 11.8 Å². The molecule has 0 radical (unpaired) electrons. The number of amides is 2. The van der Waals surface area contributed by atoms with Gasteiger partial charge in [-0.25, -0.2) is 5.43 Å². The number of rotatable bonds is 3. The lowest BCUT2D eigenvalue weighted by molar-refractivity contribution is -0.136.